The summed E-state index contributed by atoms with van der Waals surface area (Å²) in [6, 6.07) is 0. The summed E-state index contributed by atoms with van der Waals surface area (Å²) in [6.45, 7) is 0. The second-order valence-electron chi connectivity index (χ2n) is 4.43. The highest BCUT2D eigenvalue weighted by Gasteiger charge is 2.52. The fourth-order valence-corrected chi connectivity index (χ4v) is 4.19. The first-order valence-electron chi connectivity index (χ1n) is 4.78. The topological polar surface area (TPSA) is 0 Å². The highest BCUT2D eigenvalue weighted by Crippen LogP contribution is 2.59. The summed E-state index contributed by atoms with van der Waals surface area (Å²) in [6.07, 6.45) is 6.38. The number of alkyl halides is 1. The first-order chi connectivity index (χ1) is 5.77. The van der Waals surface area contributed by atoms with Crippen LogP contribution < -0.4 is 0 Å². The zero-order valence-electron chi connectivity index (χ0n) is 6.84. The van der Waals surface area contributed by atoms with E-state index < -0.39 is 0 Å². The monoisotopic (exact) mass is 202 g/mol. The maximum atomic E-state index is 6.25. The van der Waals surface area contributed by atoms with Crippen LogP contribution >= 0.6 is 23.2 Å². The Morgan fingerprint density at radius 1 is 1.25 bits per heavy atom. The first-order valence-corrected chi connectivity index (χ1v) is 5.60. The Balaban J connectivity index is 2.03. The number of allylic oxidation sites excluding steroid dienone is 2. The molecule has 0 amide bonds. The minimum atomic E-state index is 0.137. The third-order valence-corrected chi connectivity index (χ3v) is 5.06. The van der Waals surface area contributed by atoms with Crippen LogP contribution in [0.5, 0.6) is 0 Å². The summed E-state index contributed by atoms with van der Waals surface area (Å²) in [5.74, 6) is 3.28. The van der Waals surface area contributed by atoms with E-state index in [1.807, 2.05) is 0 Å². The average molecular weight is 203 g/mol. The Labute approximate surface area is 82.9 Å². The third-order valence-electron chi connectivity index (χ3n) is 4.03. The summed E-state index contributed by atoms with van der Waals surface area (Å²) in [5, 5.41) is 1.06. The molecule has 0 aromatic rings. The fourth-order valence-electron chi connectivity index (χ4n) is 3.52. The molecule has 0 radical (unpaired) electrons. The van der Waals surface area contributed by atoms with Crippen LogP contribution in [0.1, 0.15) is 19.3 Å². The van der Waals surface area contributed by atoms with E-state index in [4.69, 9.17) is 23.2 Å². The average Bonchev–Trinajstić information content (AvgIpc) is 2.57. The van der Waals surface area contributed by atoms with Gasteiger partial charge in [-0.25, -0.2) is 0 Å². The van der Waals surface area contributed by atoms with Gasteiger partial charge in [0.05, 0.1) is 5.38 Å². The van der Waals surface area contributed by atoms with Gasteiger partial charge in [0.1, 0.15) is 0 Å². The molecule has 2 fully saturated rings. The molecule has 3 aliphatic carbocycles. The van der Waals surface area contributed by atoms with E-state index in [9.17, 15) is 0 Å². The quantitative estimate of drug-likeness (QED) is 0.529. The highest BCUT2D eigenvalue weighted by atomic mass is 35.5. The van der Waals surface area contributed by atoms with Crippen molar-refractivity contribution in [1.29, 1.82) is 0 Å². The van der Waals surface area contributed by atoms with Crippen LogP contribution in [0.15, 0.2) is 11.1 Å². The predicted molar refractivity (Wildman–Crippen MR) is 51.4 cm³/mol. The maximum Gasteiger partial charge on any atom is 0.0720 e. The molecular weight excluding hydrogens is 191 g/mol. The van der Waals surface area contributed by atoms with Crippen LogP contribution in [0.4, 0.5) is 0 Å². The zero-order valence-corrected chi connectivity index (χ0v) is 8.35. The Bertz CT molecular complexity index is 246. The third kappa shape index (κ3) is 0.807. The molecule has 0 aromatic heterocycles. The Hall–Kier alpha value is 0.320. The van der Waals surface area contributed by atoms with E-state index in [2.05, 4.69) is 6.08 Å². The second-order valence-corrected chi connectivity index (χ2v) is 5.34. The van der Waals surface area contributed by atoms with Crippen molar-refractivity contribution in [1.82, 2.24) is 0 Å². The number of hydrogen-bond donors (Lipinski definition) is 0. The second kappa shape index (κ2) is 2.42. The number of rotatable bonds is 0. The molecule has 0 heterocycles. The zero-order chi connectivity index (χ0) is 8.29. The van der Waals surface area contributed by atoms with Crippen molar-refractivity contribution in [2.24, 2.45) is 23.7 Å². The van der Waals surface area contributed by atoms with E-state index in [0.29, 0.717) is 5.92 Å². The van der Waals surface area contributed by atoms with Gasteiger partial charge < -0.3 is 0 Å². The Morgan fingerprint density at radius 2 is 2.08 bits per heavy atom. The summed E-state index contributed by atoms with van der Waals surface area (Å²) in [7, 11) is 0. The van der Waals surface area contributed by atoms with Crippen molar-refractivity contribution in [3.8, 4) is 0 Å². The molecular formula is C10H12Cl2. The minimum absolute atomic E-state index is 0.137. The van der Waals surface area contributed by atoms with Crippen molar-refractivity contribution >= 4 is 23.2 Å². The molecule has 4 bridgehead atoms. The molecule has 3 rings (SSSR count). The molecule has 2 heteroatoms. The van der Waals surface area contributed by atoms with Gasteiger partial charge in [-0.1, -0.05) is 17.7 Å². The molecule has 0 saturated heterocycles. The van der Waals surface area contributed by atoms with Crippen LogP contribution in [-0.2, 0) is 0 Å². The summed E-state index contributed by atoms with van der Waals surface area (Å²) >= 11 is 12.3. The standard InChI is InChI=1S/C10H12Cl2/c11-9-4-7-5-1-2-6(7)8(3-5)10(9)12/h4-8,10H,1-3H2. The molecule has 0 spiro atoms. The molecule has 5 unspecified atom stereocenters. The van der Waals surface area contributed by atoms with E-state index in [1.165, 1.54) is 19.3 Å². The highest BCUT2D eigenvalue weighted by molar-refractivity contribution is 6.37. The Kier molecular flexibility index (Phi) is 1.55. The molecule has 3 aliphatic rings. The van der Waals surface area contributed by atoms with Crippen LogP contribution in [0, 0.1) is 23.7 Å². The smallest absolute Gasteiger partial charge is 0.0720 e. The molecule has 0 N–H and O–H groups in total. The lowest BCUT2D eigenvalue weighted by Crippen LogP contribution is -2.25. The molecule has 12 heavy (non-hydrogen) atoms. The summed E-state index contributed by atoms with van der Waals surface area (Å²) < 4.78 is 0. The van der Waals surface area contributed by atoms with Gasteiger partial charge in [-0.2, -0.15) is 0 Å². The lowest BCUT2D eigenvalue weighted by molar-refractivity contribution is 0.324. The van der Waals surface area contributed by atoms with Crippen molar-refractivity contribution in [2.45, 2.75) is 24.6 Å². The van der Waals surface area contributed by atoms with Gasteiger partial charge in [-0.15, -0.1) is 11.6 Å². The predicted octanol–water partition coefficient (Wildman–Crippen LogP) is 3.39. The van der Waals surface area contributed by atoms with E-state index in [0.717, 1.165) is 22.8 Å². The van der Waals surface area contributed by atoms with E-state index >= 15 is 0 Å². The van der Waals surface area contributed by atoms with E-state index in [-0.39, 0.29) is 5.38 Å². The molecule has 66 valence electrons. The van der Waals surface area contributed by atoms with Crippen molar-refractivity contribution in [3.63, 3.8) is 0 Å². The van der Waals surface area contributed by atoms with Crippen LogP contribution in [0.2, 0.25) is 0 Å². The van der Waals surface area contributed by atoms with Crippen LogP contribution in [0.3, 0.4) is 0 Å². The molecule has 0 nitrogen and oxygen atoms in total. The molecule has 5 atom stereocenters. The van der Waals surface area contributed by atoms with Crippen LogP contribution in [-0.4, -0.2) is 5.38 Å². The maximum absolute atomic E-state index is 6.25. The summed E-state index contributed by atoms with van der Waals surface area (Å²) in [4.78, 5) is 0. The van der Waals surface area contributed by atoms with Gasteiger partial charge in [-0.05, 0) is 42.9 Å². The Morgan fingerprint density at radius 3 is 2.92 bits per heavy atom. The van der Waals surface area contributed by atoms with Gasteiger partial charge >= 0.3 is 0 Å². The van der Waals surface area contributed by atoms with Crippen molar-refractivity contribution in [3.05, 3.63) is 11.1 Å². The number of hydrogen-bond acceptors (Lipinski definition) is 0. The lowest BCUT2D eigenvalue weighted by atomic mass is 9.82. The largest absolute Gasteiger partial charge is 0.117 e. The fraction of sp³-hybridized carbons (Fsp3) is 0.800. The van der Waals surface area contributed by atoms with Gasteiger partial charge in [0.15, 0.2) is 0 Å². The molecule has 0 aromatic carbocycles. The van der Waals surface area contributed by atoms with Crippen molar-refractivity contribution < 1.29 is 0 Å². The normalized spacial score (nSPS) is 55.8. The molecule has 0 aliphatic heterocycles. The van der Waals surface area contributed by atoms with E-state index in [1.54, 1.807) is 0 Å². The van der Waals surface area contributed by atoms with Gasteiger partial charge in [0, 0.05) is 5.03 Å². The van der Waals surface area contributed by atoms with Gasteiger partial charge in [0.2, 0.25) is 0 Å². The minimum Gasteiger partial charge on any atom is -0.117 e. The van der Waals surface area contributed by atoms with Crippen molar-refractivity contribution in [2.75, 3.05) is 0 Å². The SMILES string of the molecule is ClC1=CC2C3CCC2C(C3)C1Cl. The van der Waals surface area contributed by atoms with Gasteiger partial charge in [0.25, 0.3) is 0 Å². The summed E-state index contributed by atoms with van der Waals surface area (Å²) in [5.41, 5.74) is 0. The number of halogens is 2. The van der Waals surface area contributed by atoms with Crippen LogP contribution in [0.25, 0.3) is 0 Å². The first kappa shape index (κ1) is 7.70. The molecule has 2 saturated carbocycles. The lowest BCUT2D eigenvalue weighted by Gasteiger charge is -2.29. The van der Waals surface area contributed by atoms with Gasteiger partial charge in [-0.3, -0.25) is 0 Å².